The molecular formula is C5H6In. The molecule has 0 N–H and O–H groups in total. The predicted molar refractivity (Wildman–Crippen MR) is 28.8 cm³/mol. The van der Waals surface area contributed by atoms with Crippen LogP contribution in [0.2, 0.25) is 4.18 Å². The third kappa shape index (κ3) is 0.904. The molecule has 0 spiro atoms. The molecule has 0 saturated heterocycles. The van der Waals surface area contributed by atoms with Crippen molar-refractivity contribution in [1.82, 2.24) is 0 Å². The van der Waals surface area contributed by atoms with E-state index in [1.54, 1.807) is 0 Å². The monoisotopic (exact) mass is 181 g/mol. The molecule has 0 bridgehead atoms. The van der Waals surface area contributed by atoms with Crippen LogP contribution in [0.5, 0.6) is 0 Å². The van der Waals surface area contributed by atoms with Gasteiger partial charge in [0, 0.05) is 0 Å². The Morgan fingerprint density at radius 1 is 1.83 bits per heavy atom. The molecule has 1 aliphatic rings. The van der Waals surface area contributed by atoms with Gasteiger partial charge in [-0.05, 0) is 0 Å². The molecule has 0 aliphatic carbocycles. The molecule has 1 heteroatoms. The van der Waals surface area contributed by atoms with Gasteiger partial charge in [0.2, 0.25) is 0 Å². The number of hydrogen-bond donors (Lipinski definition) is 0. The summed E-state index contributed by atoms with van der Waals surface area (Å²) < 4.78 is 2.86. The maximum absolute atomic E-state index is 3.85. The fourth-order valence-electron chi connectivity index (χ4n) is 0.507. The van der Waals surface area contributed by atoms with E-state index in [9.17, 15) is 0 Å². The Morgan fingerprint density at radius 3 is 2.83 bits per heavy atom. The average molecular weight is 181 g/mol. The summed E-state index contributed by atoms with van der Waals surface area (Å²) in [6.07, 6.45) is 4.41. The van der Waals surface area contributed by atoms with Gasteiger partial charge in [0.1, 0.15) is 0 Å². The maximum atomic E-state index is 3.85. The molecule has 1 rings (SSSR count). The standard InChI is InChI=1S/C5H6.In/c1-3-5-4-2;/h3,5H,1-2H2;. The zero-order valence-corrected chi connectivity index (χ0v) is 6.94. The quantitative estimate of drug-likeness (QED) is 0.526. The van der Waals surface area contributed by atoms with Crippen LogP contribution in [-0.4, -0.2) is 22.9 Å². The molecule has 0 amide bonds. The van der Waals surface area contributed by atoms with Crippen LogP contribution in [0.25, 0.3) is 0 Å². The summed E-state index contributed by atoms with van der Waals surface area (Å²) in [5.41, 5.74) is 0. The second-order valence-corrected chi connectivity index (χ2v) is 6.04. The number of allylic oxidation sites excluding steroid dienone is 3. The SMILES string of the molecule is C=[C]1C=C[CH2][In]1. The zero-order valence-electron chi connectivity index (χ0n) is 3.65. The Kier molecular flexibility index (Phi) is 1.41. The minimum absolute atomic E-state index is 0.213. The molecule has 1 heterocycles. The van der Waals surface area contributed by atoms with Crippen molar-refractivity contribution in [3.63, 3.8) is 0 Å². The van der Waals surface area contributed by atoms with Gasteiger partial charge in [-0.2, -0.15) is 0 Å². The molecule has 0 fully saturated rings. The first-order valence-electron chi connectivity index (χ1n) is 2.08. The van der Waals surface area contributed by atoms with E-state index in [1.165, 1.54) is 7.51 Å². The van der Waals surface area contributed by atoms with Gasteiger partial charge in [0.15, 0.2) is 0 Å². The Hall–Kier alpha value is 0.350. The van der Waals surface area contributed by atoms with Crippen molar-refractivity contribution in [3.8, 4) is 0 Å². The number of hydrogen-bond acceptors (Lipinski definition) is 0. The molecule has 0 aromatic rings. The Balaban J connectivity index is 2.59. The van der Waals surface area contributed by atoms with Gasteiger partial charge in [-0.1, -0.05) is 0 Å². The molecular weight excluding hydrogens is 175 g/mol. The Labute approximate surface area is 49.3 Å². The van der Waals surface area contributed by atoms with Crippen LogP contribution in [0.4, 0.5) is 0 Å². The summed E-state index contributed by atoms with van der Waals surface area (Å²) in [4.78, 5) is 0. The molecule has 0 aromatic heterocycles. The van der Waals surface area contributed by atoms with Crippen LogP contribution in [0.15, 0.2) is 22.1 Å². The van der Waals surface area contributed by atoms with E-state index in [0.29, 0.717) is 0 Å². The Morgan fingerprint density at radius 2 is 2.67 bits per heavy atom. The Bertz CT molecular complexity index is 92.1. The molecule has 0 atom stereocenters. The summed E-state index contributed by atoms with van der Waals surface area (Å²) in [5.74, 6) is 0. The van der Waals surface area contributed by atoms with Gasteiger partial charge in [-0.3, -0.25) is 0 Å². The molecule has 0 nitrogen and oxygen atoms in total. The van der Waals surface area contributed by atoms with E-state index >= 15 is 0 Å². The van der Waals surface area contributed by atoms with Gasteiger partial charge >= 0.3 is 49.1 Å². The van der Waals surface area contributed by atoms with E-state index in [4.69, 9.17) is 0 Å². The third-order valence-electron chi connectivity index (χ3n) is 0.848. The normalized spacial score (nSPS) is 18.3. The summed E-state index contributed by atoms with van der Waals surface area (Å²) in [7, 11) is 0. The van der Waals surface area contributed by atoms with Gasteiger partial charge in [0.05, 0.1) is 0 Å². The van der Waals surface area contributed by atoms with E-state index in [-0.39, 0.29) is 22.9 Å². The predicted octanol–water partition coefficient (Wildman–Crippen LogP) is 1.19. The van der Waals surface area contributed by atoms with Crippen molar-refractivity contribution in [2.24, 2.45) is 0 Å². The van der Waals surface area contributed by atoms with Crippen molar-refractivity contribution in [2.75, 3.05) is 0 Å². The fraction of sp³-hybridized carbons (Fsp3) is 0.200. The summed E-state index contributed by atoms with van der Waals surface area (Å²) in [6.45, 7) is 3.85. The molecule has 0 saturated carbocycles. The van der Waals surface area contributed by atoms with Crippen LogP contribution in [0, 0.1) is 0 Å². The van der Waals surface area contributed by atoms with Gasteiger partial charge in [-0.25, -0.2) is 0 Å². The number of rotatable bonds is 0. The molecule has 0 unspecified atom stereocenters. The van der Waals surface area contributed by atoms with Gasteiger partial charge in [-0.15, -0.1) is 0 Å². The first kappa shape index (κ1) is 4.51. The first-order valence-corrected chi connectivity index (χ1v) is 6.06. The van der Waals surface area contributed by atoms with Crippen molar-refractivity contribution in [3.05, 3.63) is 22.1 Å². The van der Waals surface area contributed by atoms with Crippen molar-refractivity contribution in [2.45, 2.75) is 4.18 Å². The van der Waals surface area contributed by atoms with E-state index in [2.05, 4.69) is 18.7 Å². The van der Waals surface area contributed by atoms with Crippen molar-refractivity contribution < 1.29 is 0 Å². The van der Waals surface area contributed by atoms with Crippen LogP contribution in [0.3, 0.4) is 0 Å². The first-order chi connectivity index (χ1) is 2.89. The molecule has 29 valence electrons. The van der Waals surface area contributed by atoms with E-state index in [1.807, 2.05) is 0 Å². The van der Waals surface area contributed by atoms with E-state index < -0.39 is 0 Å². The van der Waals surface area contributed by atoms with Gasteiger partial charge in [0.25, 0.3) is 0 Å². The average Bonchev–Trinajstić information content (AvgIpc) is 1.86. The summed E-state index contributed by atoms with van der Waals surface area (Å²) in [5, 5.41) is 0. The molecule has 0 aromatic carbocycles. The van der Waals surface area contributed by atoms with E-state index in [0.717, 1.165) is 0 Å². The van der Waals surface area contributed by atoms with Crippen LogP contribution >= 0.6 is 0 Å². The van der Waals surface area contributed by atoms with Crippen LogP contribution in [-0.2, 0) is 0 Å². The van der Waals surface area contributed by atoms with Crippen LogP contribution < -0.4 is 0 Å². The molecule has 1 aliphatic heterocycles. The third-order valence-corrected chi connectivity index (χ3v) is 4.34. The van der Waals surface area contributed by atoms with Crippen LogP contribution in [0.1, 0.15) is 0 Å². The molecule has 6 heavy (non-hydrogen) atoms. The zero-order chi connectivity index (χ0) is 4.41. The fourth-order valence-corrected chi connectivity index (χ4v) is 2.92. The summed E-state index contributed by atoms with van der Waals surface area (Å²) in [6, 6.07) is 0. The van der Waals surface area contributed by atoms with Gasteiger partial charge < -0.3 is 0 Å². The van der Waals surface area contributed by atoms with Crippen molar-refractivity contribution >= 4 is 22.9 Å². The topological polar surface area (TPSA) is 0 Å². The van der Waals surface area contributed by atoms with Crippen molar-refractivity contribution in [1.29, 1.82) is 0 Å². The second kappa shape index (κ2) is 1.87. The molecule has 1 radical (unpaired) electrons. The summed E-state index contributed by atoms with van der Waals surface area (Å²) >= 11 is -0.213. The second-order valence-electron chi connectivity index (χ2n) is 1.42. The minimum atomic E-state index is -0.213.